The van der Waals surface area contributed by atoms with E-state index >= 15 is 0 Å². The Labute approximate surface area is 96.4 Å². The third kappa shape index (κ3) is 1.77. The molecule has 82 valence electrons. The van der Waals surface area contributed by atoms with Crippen LogP contribution in [0.4, 0.5) is 5.69 Å². The van der Waals surface area contributed by atoms with E-state index in [-0.39, 0.29) is 5.69 Å². The summed E-state index contributed by atoms with van der Waals surface area (Å²) in [6.45, 7) is 1.78. The van der Waals surface area contributed by atoms with Crippen molar-refractivity contribution in [3.8, 4) is 5.69 Å². The first-order valence-electron chi connectivity index (χ1n) is 4.54. The van der Waals surface area contributed by atoms with Gasteiger partial charge in [-0.15, -0.1) is 0 Å². The molecule has 0 bridgehead atoms. The van der Waals surface area contributed by atoms with E-state index in [1.54, 1.807) is 36.0 Å². The van der Waals surface area contributed by atoms with Gasteiger partial charge in [0.2, 0.25) is 0 Å². The summed E-state index contributed by atoms with van der Waals surface area (Å²) >= 11 is 5.73. The molecule has 0 saturated heterocycles. The van der Waals surface area contributed by atoms with Crippen LogP contribution < -0.4 is 0 Å². The fraction of sp³-hybridized carbons (Fsp3) is 0.100. The predicted molar refractivity (Wildman–Crippen MR) is 60.0 cm³/mol. The number of hydrogen-bond acceptors (Lipinski definition) is 3. The second kappa shape index (κ2) is 3.94. The molecule has 0 aliphatic carbocycles. The largest absolute Gasteiger partial charge is 0.298 e. The third-order valence-corrected chi connectivity index (χ3v) is 2.45. The van der Waals surface area contributed by atoms with Gasteiger partial charge in [-0.25, -0.2) is 4.98 Å². The van der Waals surface area contributed by atoms with Gasteiger partial charge in [-0.1, -0.05) is 11.6 Å². The fourth-order valence-corrected chi connectivity index (χ4v) is 1.65. The van der Waals surface area contributed by atoms with Crippen molar-refractivity contribution in [3.05, 3.63) is 51.6 Å². The van der Waals surface area contributed by atoms with E-state index < -0.39 is 4.92 Å². The Bertz CT molecular complexity index is 551. The van der Waals surface area contributed by atoms with Crippen LogP contribution in [0.3, 0.4) is 0 Å². The van der Waals surface area contributed by atoms with Crippen LogP contribution in [0.2, 0.25) is 5.02 Å². The van der Waals surface area contributed by atoms with Crippen LogP contribution in [-0.2, 0) is 0 Å². The monoisotopic (exact) mass is 237 g/mol. The van der Waals surface area contributed by atoms with Gasteiger partial charge < -0.3 is 0 Å². The van der Waals surface area contributed by atoms with E-state index in [2.05, 4.69) is 4.98 Å². The molecular weight excluding hydrogens is 230 g/mol. The Kier molecular flexibility index (Phi) is 2.62. The van der Waals surface area contributed by atoms with Gasteiger partial charge in [0.15, 0.2) is 0 Å². The maximum absolute atomic E-state index is 10.9. The second-order valence-corrected chi connectivity index (χ2v) is 3.67. The lowest BCUT2D eigenvalue weighted by atomic mass is 10.2. The molecule has 0 saturated carbocycles. The molecular formula is C10H8ClN3O2. The summed E-state index contributed by atoms with van der Waals surface area (Å²) in [5.41, 5.74) is 0.429. The first-order chi connectivity index (χ1) is 7.59. The quantitative estimate of drug-likeness (QED) is 0.596. The van der Waals surface area contributed by atoms with Gasteiger partial charge in [-0.05, 0) is 19.1 Å². The molecule has 2 rings (SSSR count). The van der Waals surface area contributed by atoms with Crippen molar-refractivity contribution in [2.45, 2.75) is 6.92 Å². The minimum absolute atomic E-state index is 0.0337. The first-order valence-corrected chi connectivity index (χ1v) is 4.91. The van der Waals surface area contributed by atoms with E-state index in [0.717, 1.165) is 0 Å². The average Bonchev–Trinajstić information content (AvgIpc) is 2.64. The van der Waals surface area contributed by atoms with Crippen molar-refractivity contribution in [2.75, 3.05) is 0 Å². The Hall–Kier alpha value is -1.88. The zero-order valence-corrected chi connectivity index (χ0v) is 9.18. The summed E-state index contributed by atoms with van der Waals surface area (Å²) in [4.78, 5) is 14.5. The number of aromatic nitrogens is 2. The molecule has 16 heavy (non-hydrogen) atoms. The van der Waals surface area contributed by atoms with Crippen molar-refractivity contribution in [2.24, 2.45) is 0 Å². The smallest absolute Gasteiger partial charge is 0.294 e. The van der Waals surface area contributed by atoms with Gasteiger partial charge >= 0.3 is 0 Å². The van der Waals surface area contributed by atoms with Crippen LogP contribution in [0.1, 0.15) is 5.82 Å². The molecule has 0 unspecified atom stereocenters. The standard InChI is InChI=1S/C10H8ClN3O2/c1-7-12-4-5-13(7)9-3-2-8(11)6-10(9)14(15)16/h2-6H,1H3. The fourth-order valence-electron chi connectivity index (χ4n) is 1.48. The summed E-state index contributed by atoms with van der Waals surface area (Å²) < 4.78 is 1.65. The molecule has 1 aromatic carbocycles. The van der Waals surface area contributed by atoms with Crippen molar-refractivity contribution >= 4 is 17.3 Å². The minimum Gasteiger partial charge on any atom is -0.298 e. The zero-order valence-electron chi connectivity index (χ0n) is 8.42. The van der Waals surface area contributed by atoms with E-state index in [1.165, 1.54) is 6.07 Å². The van der Waals surface area contributed by atoms with Crippen LogP contribution in [0.15, 0.2) is 30.6 Å². The molecule has 1 aromatic heterocycles. The van der Waals surface area contributed by atoms with Crippen molar-refractivity contribution < 1.29 is 4.92 Å². The lowest BCUT2D eigenvalue weighted by molar-refractivity contribution is -0.384. The van der Waals surface area contributed by atoms with Crippen molar-refractivity contribution in [3.63, 3.8) is 0 Å². The molecule has 0 N–H and O–H groups in total. The first kappa shape index (κ1) is 10.6. The molecule has 6 heteroatoms. The molecule has 0 atom stereocenters. The molecule has 1 heterocycles. The summed E-state index contributed by atoms with van der Waals surface area (Å²) in [5.74, 6) is 0.686. The van der Waals surface area contributed by atoms with E-state index in [9.17, 15) is 10.1 Å². The minimum atomic E-state index is -0.458. The molecule has 2 aromatic rings. The lowest BCUT2D eigenvalue weighted by Gasteiger charge is -2.05. The maximum Gasteiger partial charge on any atom is 0.294 e. The number of hydrogen-bond donors (Lipinski definition) is 0. The Morgan fingerprint density at radius 2 is 2.25 bits per heavy atom. The molecule has 0 aliphatic rings. The Balaban J connectivity index is 2.65. The molecule has 0 spiro atoms. The predicted octanol–water partition coefficient (Wildman–Crippen LogP) is 2.74. The summed E-state index contributed by atoms with van der Waals surface area (Å²) in [6, 6.07) is 4.55. The van der Waals surface area contributed by atoms with Gasteiger partial charge in [-0.3, -0.25) is 14.7 Å². The number of benzene rings is 1. The second-order valence-electron chi connectivity index (χ2n) is 3.23. The lowest BCUT2D eigenvalue weighted by Crippen LogP contribution is -2.00. The van der Waals surface area contributed by atoms with Crippen LogP contribution in [0.25, 0.3) is 5.69 Å². The number of halogens is 1. The van der Waals surface area contributed by atoms with Crippen LogP contribution in [-0.4, -0.2) is 14.5 Å². The summed E-state index contributed by atoms with van der Waals surface area (Å²) in [7, 11) is 0. The highest BCUT2D eigenvalue weighted by Crippen LogP contribution is 2.27. The van der Waals surface area contributed by atoms with Gasteiger partial charge in [0.1, 0.15) is 11.5 Å². The van der Waals surface area contributed by atoms with Crippen molar-refractivity contribution in [1.29, 1.82) is 0 Å². The highest BCUT2D eigenvalue weighted by molar-refractivity contribution is 6.30. The zero-order chi connectivity index (χ0) is 11.7. The Morgan fingerprint density at radius 1 is 1.50 bits per heavy atom. The molecule has 0 radical (unpaired) electrons. The van der Waals surface area contributed by atoms with E-state index in [1.807, 2.05) is 0 Å². The van der Waals surface area contributed by atoms with Crippen molar-refractivity contribution in [1.82, 2.24) is 9.55 Å². The van der Waals surface area contributed by atoms with Gasteiger partial charge in [0.25, 0.3) is 5.69 Å². The average molecular weight is 238 g/mol. The van der Waals surface area contributed by atoms with E-state index in [0.29, 0.717) is 16.5 Å². The highest BCUT2D eigenvalue weighted by atomic mass is 35.5. The highest BCUT2D eigenvalue weighted by Gasteiger charge is 2.16. The Morgan fingerprint density at radius 3 is 2.81 bits per heavy atom. The summed E-state index contributed by atoms with van der Waals surface area (Å²) in [6.07, 6.45) is 3.26. The molecule has 0 aliphatic heterocycles. The van der Waals surface area contributed by atoms with Crippen LogP contribution in [0, 0.1) is 17.0 Å². The van der Waals surface area contributed by atoms with Gasteiger partial charge in [-0.2, -0.15) is 0 Å². The number of nitrogens with zero attached hydrogens (tertiary/aromatic N) is 3. The number of aryl methyl sites for hydroxylation is 1. The number of nitro benzene ring substituents is 1. The number of imidazole rings is 1. The summed E-state index contributed by atoms with van der Waals surface area (Å²) in [5, 5.41) is 11.2. The number of rotatable bonds is 2. The van der Waals surface area contributed by atoms with E-state index in [4.69, 9.17) is 11.6 Å². The van der Waals surface area contributed by atoms with Gasteiger partial charge in [0, 0.05) is 23.5 Å². The topological polar surface area (TPSA) is 61.0 Å². The molecule has 5 nitrogen and oxygen atoms in total. The molecule has 0 amide bonds. The maximum atomic E-state index is 10.9. The van der Waals surface area contributed by atoms with Gasteiger partial charge in [0.05, 0.1) is 4.92 Å². The van der Waals surface area contributed by atoms with Crippen LogP contribution in [0.5, 0.6) is 0 Å². The number of nitro groups is 1. The normalized spacial score (nSPS) is 10.4. The SMILES string of the molecule is Cc1nccn1-c1ccc(Cl)cc1[N+](=O)[O-]. The molecule has 0 fully saturated rings. The van der Waals surface area contributed by atoms with Crippen LogP contribution >= 0.6 is 11.6 Å². The third-order valence-electron chi connectivity index (χ3n) is 2.22.